The van der Waals surface area contributed by atoms with Gasteiger partial charge in [0.15, 0.2) is 0 Å². The van der Waals surface area contributed by atoms with Crippen LogP contribution in [0.1, 0.15) is 15.2 Å². The lowest BCUT2D eigenvalue weighted by molar-refractivity contribution is -0.146. The number of nitrogens with two attached hydrogens (primary N) is 1. The first-order chi connectivity index (χ1) is 4.45. The smallest absolute Gasteiger partial charge is 0.326 e. The number of carboxylic acid groups (broad SMARTS) is 1. The number of hydrogen-bond donors (Lipinski definition) is 3. The Labute approximate surface area is 54.7 Å². The summed E-state index contributed by atoms with van der Waals surface area (Å²) < 4.78 is 6.75. The molecule has 0 aliphatic heterocycles. The molecule has 4 heteroatoms. The molecule has 9 heavy (non-hydrogen) atoms. The molecule has 0 spiro atoms. The highest BCUT2D eigenvalue weighted by Crippen LogP contribution is 2.04. The molecule has 0 bridgehead atoms. The van der Waals surface area contributed by atoms with E-state index >= 15 is 0 Å². The van der Waals surface area contributed by atoms with Gasteiger partial charge in [-0.15, -0.1) is 0 Å². The average Bonchev–Trinajstić information content (AvgIpc) is 1.85. The van der Waals surface area contributed by atoms with Gasteiger partial charge in [0, 0.05) is 1.37 Å². The summed E-state index contributed by atoms with van der Waals surface area (Å²) in [5.41, 5.74) is 3.33. The minimum atomic E-state index is -1.82. The van der Waals surface area contributed by atoms with Crippen LogP contribution in [0.4, 0.5) is 0 Å². The molecule has 0 aromatic heterocycles. The van der Waals surface area contributed by atoms with Crippen LogP contribution in [-0.4, -0.2) is 27.8 Å². The molecule has 2 atom stereocenters. The Morgan fingerprint density at radius 2 is 2.44 bits per heavy atom. The van der Waals surface area contributed by atoms with Gasteiger partial charge in [-0.2, -0.15) is 0 Å². The molecule has 4 N–H and O–H groups in total. The topological polar surface area (TPSA) is 83.6 Å². The van der Waals surface area contributed by atoms with E-state index in [0.717, 1.165) is 0 Å². The Morgan fingerprint density at radius 1 is 2.00 bits per heavy atom. The van der Waals surface area contributed by atoms with Gasteiger partial charge in [0.2, 0.25) is 0 Å². The normalized spacial score (nSPS) is 21.9. The van der Waals surface area contributed by atoms with E-state index in [1.807, 2.05) is 0 Å². The van der Waals surface area contributed by atoms with Gasteiger partial charge < -0.3 is 15.9 Å². The molecule has 0 aliphatic carbocycles. The second-order valence-corrected chi connectivity index (χ2v) is 2.02. The molecule has 0 unspecified atom stereocenters. The maximum absolute atomic E-state index is 10.3. The molecule has 0 aromatic carbocycles. The molecule has 4 nitrogen and oxygen atoms in total. The van der Waals surface area contributed by atoms with Crippen molar-refractivity contribution in [2.75, 3.05) is 0 Å². The monoisotopic (exact) mass is 134 g/mol. The quantitative estimate of drug-likeness (QED) is 0.460. The second-order valence-electron chi connectivity index (χ2n) is 2.02. The number of aliphatic carboxylic acids is 1. The third kappa shape index (κ3) is 1.65. The van der Waals surface area contributed by atoms with Gasteiger partial charge in [0.05, 0.1) is 6.10 Å². The van der Waals surface area contributed by atoms with Gasteiger partial charge in [-0.3, -0.25) is 4.79 Å². The van der Waals surface area contributed by atoms with Crippen molar-refractivity contribution in [1.82, 2.24) is 0 Å². The fourth-order valence-electron chi connectivity index (χ4n) is 0.179. The summed E-state index contributed by atoms with van der Waals surface area (Å²) in [5, 5.41) is 17.2. The fourth-order valence-corrected chi connectivity index (χ4v) is 0.179. The molecule has 54 valence electrons. The average molecular weight is 134 g/mol. The zero-order valence-corrected chi connectivity index (χ0v) is 5.16. The Balaban J connectivity index is 4.38. The van der Waals surface area contributed by atoms with Gasteiger partial charge in [-0.25, -0.2) is 0 Å². The van der Waals surface area contributed by atoms with E-state index in [1.165, 1.54) is 6.92 Å². The molecule has 0 rings (SSSR count). The minimum absolute atomic E-state index is 0.528. The van der Waals surface area contributed by atoms with Gasteiger partial charge in [0.25, 0.3) is 0 Å². The molecule has 0 aliphatic rings. The van der Waals surface area contributed by atoms with Crippen LogP contribution in [0.2, 0.25) is 0 Å². The fraction of sp³-hybridized carbons (Fsp3) is 0.800. The van der Waals surface area contributed by atoms with Gasteiger partial charge in [-0.05, 0) is 13.8 Å². The van der Waals surface area contributed by atoms with Gasteiger partial charge in [0.1, 0.15) is 5.54 Å². The number of rotatable bonds is 2. The lowest BCUT2D eigenvalue weighted by atomic mass is 9.98. The van der Waals surface area contributed by atoms with Crippen molar-refractivity contribution in [3.8, 4) is 0 Å². The molecule has 0 aromatic rings. The van der Waals surface area contributed by atoms with Crippen molar-refractivity contribution in [2.24, 2.45) is 5.73 Å². The van der Waals surface area contributed by atoms with E-state index in [-0.39, 0.29) is 0 Å². The highest BCUT2D eigenvalue weighted by molar-refractivity contribution is 5.78. The highest BCUT2D eigenvalue weighted by Gasteiger charge is 2.33. The van der Waals surface area contributed by atoms with E-state index in [1.54, 1.807) is 0 Å². The third-order valence-electron chi connectivity index (χ3n) is 1.14. The Hall–Kier alpha value is -0.610. The molecule has 0 radical (unpaired) electrons. The lowest BCUT2D eigenvalue weighted by Gasteiger charge is -2.21. The standard InChI is InChI=1S/C5H11NO3/c1-3(7)5(2,6)4(8)9/h3,7H,6H2,1-2H3,(H,8,9)/t3-,5-/m0/s1/i2D. The summed E-state index contributed by atoms with van der Waals surface area (Å²) in [4.78, 5) is 10.3. The van der Waals surface area contributed by atoms with Gasteiger partial charge in [-0.1, -0.05) is 0 Å². The summed E-state index contributed by atoms with van der Waals surface area (Å²) in [6.07, 6.45) is -1.21. The molecular formula is C5H11NO3. The first kappa shape index (κ1) is 6.51. The van der Waals surface area contributed by atoms with E-state index in [2.05, 4.69) is 0 Å². The molecule has 0 amide bonds. The van der Waals surface area contributed by atoms with Crippen molar-refractivity contribution in [2.45, 2.75) is 25.5 Å². The number of aliphatic hydroxyl groups is 1. The largest absolute Gasteiger partial charge is 0.480 e. The van der Waals surface area contributed by atoms with Crippen LogP contribution in [-0.2, 0) is 4.79 Å². The van der Waals surface area contributed by atoms with Crippen LogP contribution in [0.15, 0.2) is 0 Å². The summed E-state index contributed by atoms with van der Waals surface area (Å²) >= 11 is 0. The van der Waals surface area contributed by atoms with Crippen molar-refractivity contribution < 1.29 is 16.4 Å². The predicted octanol–water partition coefficient (Wildman–Crippen LogP) is -0.831. The van der Waals surface area contributed by atoms with Gasteiger partial charge >= 0.3 is 5.97 Å². The van der Waals surface area contributed by atoms with Crippen molar-refractivity contribution in [1.29, 1.82) is 0 Å². The predicted molar refractivity (Wildman–Crippen MR) is 31.9 cm³/mol. The maximum atomic E-state index is 10.3. The summed E-state index contributed by atoms with van der Waals surface area (Å²) in [6, 6.07) is 0. The molecule has 0 heterocycles. The van der Waals surface area contributed by atoms with Crippen LogP contribution >= 0.6 is 0 Å². The van der Waals surface area contributed by atoms with E-state index in [9.17, 15) is 4.79 Å². The second kappa shape index (κ2) is 2.33. The molecular weight excluding hydrogens is 122 g/mol. The Kier molecular flexibility index (Phi) is 1.68. The summed E-state index contributed by atoms with van der Waals surface area (Å²) in [6.45, 7) is 0.725. The number of hydrogen-bond acceptors (Lipinski definition) is 3. The summed E-state index contributed by atoms with van der Waals surface area (Å²) in [5.74, 6) is -1.35. The van der Waals surface area contributed by atoms with Crippen LogP contribution < -0.4 is 5.73 Å². The Morgan fingerprint density at radius 3 is 2.44 bits per heavy atom. The maximum Gasteiger partial charge on any atom is 0.326 e. The van der Waals surface area contributed by atoms with E-state index in [0.29, 0.717) is 0 Å². The van der Waals surface area contributed by atoms with Crippen LogP contribution in [0.5, 0.6) is 0 Å². The number of aliphatic hydroxyl groups excluding tert-OH is 1. The van der Waals surface area contributed by atoms with Crippen molar-refractivity contribution in [3.63, 3.8) is 0 Å². The first-order valence-corrected chi connectivity index (χ1v) is 2.44. The zero-order valence-electron chi connectivity index (χ0n) is 6.16. The van der Waals surface area contributed by atoms with E-state index in [4.69, 9.17) is 17.3 Å². The molecule has 0 fully saturated rings. The van der Waals surface area contributed by atoms with Crippen LogP contribution in [0.25, 0.3) is 0 Å². The Bertz CT molecular complexity index is 139. The SMILES string of the molecule is [2H]C[C@@](N)(C(=O)O)[C@H](C)O. The summed E-state index contributed by atoms with van der Waals surface area (Å²) in [7, 11) is 0. The lowest BCUT2D eigenvalue weighted by Crippen LogP contribution is -2.53. The highest BCUT2D eigenvalue weighted by atomic mass is 16.4. The van der Waals surface area contributed by atoms with Crippen molar-refractivity contribution in [3.05, 3.63) is 0 Å². The van der Waals surface area contributed by atoms with E-state index < -0.39 is 24.5 Å². The molecule has 0 saturated heterocycles. The minimum Gasteiger partial charge on any atom is -0.480 e. The third-order valence-corrected chi connectivity index (χ3v) is 1.14. The zero-order chi connectivity index (χ0) is 8.36. The molecule has 0 saturated carbocycles. The van der Waals surface area contributed by atoms with Crippen LogP contribution in [0.3, 0.4) is 0 Å². The van der Waals surface area contributed by atoms with Crippen molar-refractivity contribution >= 4 is 5.97 Å². The van der Waals surface area contributed by atoms with Crippen LogP contribution in [0, 0.1) is 0 Å². The number of carboxylic acids is 1. The number of carbonyl (C=O) groups is 1. The first-order valence-electron chi connectivity index (χ1n) is 3.15.